The van der Waals surface area contributed by atoms with Crippen LogP contribution < -0.4 is 0 Å². The third kappa shape index (κ3) is 1.35. The van der Waals surface area contributed by atoms with E-state index in [0.717, 1.165) is 11.3 Å². The van der Waals surface area contributed by atoms with Crippen LogP contribution >= 0.6 is 0 Å². The lowest BCUT2D eigenvalue weighted by atomic mass is 10.2. The maximum absolute atomic E-state index is 8.73. The fourth-order valence-electron chi connectivity index (χ4n) is 1.36. The molecule has 0 aliphatic rings. The van der Waals surface area contributed by atoms with E-state index in [2.05, 4.69) is 24.9 Å². The fourth-order valence-corrected chi connectivity index (χ4v) is 1.36. The maximum Gasteiger partial charge on any atom is 0.137 e. The lowest BCUT2D eigenvalue weighted by Gasteiger charge is -1.94. The van der Waals surface area contributed by atoms with Gasteiger partial charge in [-0.05, 0) is 18.1 Å². The summed E-state index contributed by atoms with van der Waals surface area (Å²) in [7, 11) is 0. The first-order valence-corrected chi connectivity index (χ1v) is 4.59. The van der Waals surface area contributed by atoms with Crippen LogP contribution in [0, 0.1) is 11.3 Å². The standard InChI is InChI=1S/C11H11N3/c1-8(2)10-7-14-6-9(5-12)3-4-11(14)13-10/h3-4,6-8H,1-2H3. The Morgan fingerprint density at radius 3 is 2.79 bits per heavy atom. The Balaban J connectivity index is 2.61. The van der Waals surface area contributed by atoms with Gasteiger partial charge in [0.25, 0.3) is 0 Å². The first kappa shape index (κ1) is 8.76. The molecule has 0 saturated heterocycles. The third-order valence-electron chi connectivity index (χ3n) is 2.19. The zero-order valence-corrected chi connectivity index (χ0v) is 8.23. The van der Waals surface area contributed by atoms with Crippen LogP contribution in [0.3, 0.4) is 0 Å². The molecule has 0 amide bonds. The van der Waals surface area contributed by atoms with Gasteiger partial charge in [0.1, 0.15) is 11.7 Å². The summed E-state index contributed by atoms with van der Waals surface area (Å²) in [6.45, 7) is 4.21. The van der Waals surface area contributed by atoms with Crippen molar-refractivity contribution in [3.8, 4) is 6.07 Å². The van der Waals surface area contributed by atoms with Crippen LogP contribution in [0.25, 0.3) is 5.65 Å². The van der Waals surface area contributed by atoms with Crippen molar-refractivity contribution in [3.63, 3.8) is 0 Å². The Hall–Kier alpha value is -1.82. The van der Waals surface area contributed by atoms with Gasteiger partial charge in [-0.25, -0.2) is 4.98 Å². The number of hydrogen-bond acceptors (Lipinski definition) is 2. The summed E-state index contributed by atoms with van der Waals surface area (Å²) in [5, 5.41) is 8.73. The van der Waals surface area contributed by atoms with Gasteiger partial charge < -0.3 is 4.40 Å². The molecule has 0 radical (unpaired) electrons. The largest absolute Gasteiger partial charge is 0.305 e. The minimum Gasteiger partial charge on any atom is -0.305 e. The molecule has 0 unspecified atom stereocenters. The van der Waals surface area contributed by atoms with Crippen LogP contribution in [0.2, 0.25) is 0 Å². The Labute approximate surface area is 82.6 Å². The first-order valence-electron chi connectivity index (χ1n) is 4.59. The topological polar surface area (TPSA) is 41.1 Å². The van der Waals surface area contributed by atoms with Crippen LogP contribution in [0.5, 0.6) is 0 Å². The highest BCUT2D eigenvalue weighted by Gasteiger charge is 2.05. The third-order valence-corrected chi connectivity index (χ3v) is 2.19. The van der Waals surface area contributed by atoms with Crippen molar-refractivity contribution in [1.82, 2.24) is 9.38 Å². The SMILES string of the molecule is CC(C)c1cn2cc(C#N)ccc2n1. The predicted molar refractivity (Wildman–Crippen MR) is 54.0 cm³/mol. The van der Waals surface area contributed by atoms with Crippen LogP contribution in [0.1, 0.15) is 31.0 Å². The van der Waals surface area contributed by atoms with E-state index in [1.807, 2.05) is 16.7 Å². The van der Waals surface area contributed by atoms with E-state index < -0.39 is 0 Å². The molecule has 2 aromatic rings. The number of pyridine rings is 1. The molecule has 2 heterocycles. The Morgan fingerprint density at radius 2 is 2.14 bits per heavy atom. The molecule has 2 rings (SSSR count). The molecular formula is C11H11N3. The summed E-state index contributed by atoms with van der Waals surface area (Å²) in [6, 6.07) is 5.76. The van der Waals surface area contributed by atoms with Crippen molar-refractivity contribution in [1.29, 1.82) is 5.26 Å². The Kier molecular flexibility index (Phi) is 1.97. The van der Waals surface area contributed by atoms with Gasteiger partial charge in [-0.3, -0.25) is 0 Å². The number of fused-ring (bicyclic) bond motifs is 1. The van der Waals surface area contributed by atoms with Gasteiger partial charge in [0.05, 0.1) is 11.3 Å². The average molecular weight is 185 g/mol. The molecule has 0 bridgehead atoms. The molecular weight excluding hydrogens is 174 g/mol. The van der Waals surface area contributed by atoms with Crippen molar-refractivity contribution in [2.24, 2.45) is 0 Å². The van der Waals surface area contributed by atoms with Crippen molar-refractivity contribution in [2.45, 2.75) is 19.8 Å². The molecule has 0 spiro atoms. The summed E-state index contributed by atoms with van der Waals surface area (Å²) in [6.07, 6.45) is 3.77. The molecule has 0 fully saturated rings. The number of nitrogens with zero attached hydrogens (tertiary/aromatic N) is 3. The highest BCUT2D eigenvalue weighted by Crippen LogP contribution is 2.14. The molecule has 0 N–H and O–H groups in total. The molecule has 3 nitrogen and oxygen atoms in total. The van der Waals surface area contributed by atoms with Gasteiger partial charge in [0, 0.05) is 12.4 Å². The summed E-state index contributed by atoms with van der Waals surface area (Å²) in [4.78, 5) is 4.44. The molecule has 14 heavy (non-hydrogen) atoms. The molecule has 70 valence electrons. The zero-order valence-electron chi connectivity index (χ0n) is 8.23. The summed E-state index contributed by atoms with van der Waals surface area (Å²) >= 11 is 0. The van der Waals surface area contributed by atoms with E-state index in [-0.39, 0.29) is 0 Å². The fraction of sp³-hybridized carbons (Fsp3) is 0.273. The molecule has 0 aliphatic heterocycles. The van der Waals surface area contributed by atoms with Gasteiger partial charge in [-0.15, -0.1) is 0 Å². The number of aromatic nitrogens is 2. The van der Waals surface area contributed by atoms with E-state index in [1.165, 1.54) is 0 Å². The van der Waals surface area contributed by atoms with Crippen LogP contribution in [-0.2, 0) is 0 Å². The second-order valence-electron chi connectivity index (χ2n) is 3.62. The Morgan fingerprint density at radius 1 is 1.36 bits per heavy atom. The summed E-state index contributed by atoms with van der Waals surface area (Å²) in [5.41, 5.74) is 2.61. The van der Waals surface area contributed by atoms with Crippen LogP contribution in [0.4, 0.5) is 0 Å². The van der Waals surface area contributed by atoms with Gasteiger partial charge in [0.15, 0.2) is 0 Å². The molecule has 3 heteroatoms. The summed E-state index contributed by atoms with van der Waals surface area (Å²) in [5.74, 6) is 0.417. The number of hydrogen-bond donors (Lipinski definition) is 0. The normalized spacial score (nSPS) is 10.7. The highest BCUT2D eigenvalue weighted by molar-refractivity contribution is 5.44. The predicted octanol–water partition coefficient (Wildman–Crippen LogP) is 2.33. The van der Waals surface area contributed by atoms with E-state index in [0.29, 0.717) is 11.5 Å². The molecule has 0 aromatic carbocycles. The van der Waals surface area contributed by atoms with E-state index in [1.54, 1.807) is 12.3 Å². The number of nitriles is 1. The van der Waals surface area contributed by atoms with Crippen molar-refractivity contribution in [3.05, 3.63) is 35.8 Å². The minimum absolute atomic E-state index is 0.417. The lowest BCUT2D eigenvalue weighted by molar-refractivity contribution is 0.834. The number of imidazole rings is 1. The van der Waals surface area contributed by atoms with Crippen LogP contribution in [0.15, 0.2) is 24.5 Å². The van der Waals surface area contributed by atoms with E-state index in [4.69, 9.17) is 5.26 Å². The van der Waals surface area contributed by atoms with Gasteiger partial charge in [0.2, 0.25) is 0 Å². The van der Waals surface area contributed by atoms with Gasteiger partial charge in [-0.2, -0.15) is 5.26 Å². The lowest BCUT2D eigenvalue weighted by Crippen LogP contribution is -1.84. The summed E-state index contributed by atoms with van der Waals surface area (Å²) < 4.78 is 1.90. The van der Waals surface area contributed by atoms with Crippen molar-refractivity contribution in [2.75, 3.05) is 0 Å². The second-order valence-corrected chi connectivity index (χ2v) is 3.62. The molecule has 0 saturated carbocycles. The van der Waals surface area contributed by atoms with Gasteiger partial charge >= 0.3 is 0 Å². The monoisotopic (exact) mass is 185 g/mol. The molecule has 0 aliphatic carbocycles. The quantitative estimate of drug-likeness (QED) is 0.684. The van der Waals surface area contributed by atoms with Crippen LogP contribution in [-0.4, -0.2) is 9.38 Å². The van der Waals surface area contributed by atoms with E-state index >= 15 is 0 Å². The highest BCUT2D eigenvalue weighted by atomic mass is 15.0. The Bertz CT molecular complexity index is 503. The van der Waals surface area contributed by atoms with Crippen molar-refractivity contribution < 1.29 is 0 Å². The second kappa shape index (κ2) is 3.15. The van der Waals surface area contributed by atoms with E-state index in [9.17, 15) is 0 Å². The maximum atomic E-state index is 8.73. The average Bonchev–Trinajstić information content (AvgIpc) is 2.59. The first-order chi connectivity index (χ1) is 6.70. The molecule has 2 aromatic heterocycles. The minimum atomic E-state index is 0.417. The van der Waals surface area contributed by atoms with Gasteiger partial charge in [-0.1, -0.05) is 13.8 Å². The zero-order chi connectivity index (χ0) is 10.1. The smallest absolute Gasteiger partial charge is 0.137 e. The number of rotatable bonds is 1. The molecule has 0 atom stereocenters. The van der Waals surface area contributed by atoms with Crippen molar-refractivity contribution >= 4 is 5.65 Å².